The number of hydrogen-bond donors (Lipinski definition) is 0. The molecule has 5 nitrogen and oxygen atoms in total. The van der Waals surface area contributed by atoms with Crippen LogP contribution in [0.3, 0.4) is 0 Å². The van der Waals surface area contributed by atoms with Gasteiger partial charge in [-0.15, -0.1) is 0 Å². The van der Waals surface area contributed by atoms with Crippen LogP contribution in [-0.4, -0.2) is 48.2 Å². The Morgan fingerprint density at radius 3 is 3.21 bits per heavy atom. The molecule has 6 heteroatoms. The van der Waals surface area contributed by atoms with Crippen molar-refractivity contribution in [3.05, 3.63) is 23.5 Å². The summed E-state index contributed by atoms with van der Waals surface area (Å²) < 4.78 is 10.9. The fourth-order valence-corrected chi connectivity index (χ4v) is 2.13. The normalized spacial score (nSPS) is 18.6. The van der Waals surface area contributed by atoms with Gasteiger partial charge in [0.1, 0.15) is 23.5 Å². The molecule has 2 heterocycles. The summed E-state index contributed by atoms with van der Waals surface area (Å²) in [6.07, 6.45) is 3.96. The number of likely N-dealkylation sites (tertiary alicyclic amines) is 1. The minimum atomic E-state index is -0.0227. The topological polar surface area (TPSA) is 51.7 Å². The molecule has 1 aliphatic heterocycles. The van der Waals surface area contributed by atoms with E-state index in [0.717, 1.165) is 6.42 Å². The second-order valence-corrected chi connectivity index (χ2v) is 4.72. The van der Waals surface area contributed by atoms with E-state index in [0.29, 0.717) is 30.5 Å². The van der Waals surface area contributed by atoms with Crippen molar-refractivity contribution < 1.29 is 14.3 Å². The molecule has 1 amide bonds. The maximum Gasteiger partial charge on any atom is 0.248 e. The standard InChI is InChI=1S/C13H17ClN2O3/c1-2-18-9-13(17)16-6-4-10(8-16)19-12-3-5-15-7-11(12)14/h3,5,7,10H,2,4,6,8-9H2,1H3/t10-/m0/s1. The summed E-state index contributed by atoms with van der Waals surface area (Å²) in [7, 11) is 0. The molecule has 0 spiro atoms. The van der Waals surface area contributed by atoms with Crippen LogP contribution in [0.5, 0.6) is 5.75 Å². The van der Waals surface area contributed by atoms with Crippen LogP contribution in [0, 0.1) is 0 Å². The number of halogens is 1. The molecule has 0 aliphatic carbocycles. The van der Waals surface area contributed by atoms with Crippen LogP contribution < -0.4 is 4.74 Å². The third kappa shape index (κ3) is 3.81. The molecule has 1 atom stereocenters. The van der Waals surface area contributed by atoms with Crippen molar-refractivity contribution in [1.82, 2.24) is 9.88 Å². The summed E-state index contributed by atoms with van der Waals surface area (Å²) in [6, 6.07) is 1.73. The van der Waals surface area contributed by atoms with Gasteiger partial charge < -0.3 is 14.4 Å². The number of carbonyl (C=O) groups is 1. The Balaban J connectivity index is 1.85. The van der Waals surface area contributed by atoms with E-state index in [1.54, 1.807) is 23.4 Å². The van der Waals surface area contributed by atoms with Gasteiger partial charge in [0.25, 0.3) is 0 Å². The molecule has 1 aromatic heterocycles. The lowest BCUT2D eigenvalue weighted by Gasteiger charge is -2.17. The third-order valence-corrected chi connectivity index (χ3v) is 3.24. The maximum atomic E-state index is 11.8. The van der Waals surface area contributed by atoms with E-state index in [9.17, 15) is 4.79 Å². The van der Waals surface area contributed by atoms with Crippen LogP contribution in [0.1, 0.15) is 13.3 Å². The van der Waals surface area contributed by atoms with Gasteiger partial charge in [0.2, 0.25) is 5.91 Å². The van der Waals surface area contributed by atoms with Gasteiger partial charge in [-0.2, -0.15) is 0 Å². The number of amides is 1. The number of rotatable bonds is 5. The molecule has 0 saturated carbocycles. The minimum Gasteiger partial charge on any atom is -0.487 e. The van der Waals surface area contributed by atoms with Crippen LogP contribution in [0.25, 0.3) is 0 Å². The lowest BCUT2D eigenvalue weighted by molar-refractivity contribution is -0.135. The molecule has 0 unspecified atom stereocenters. The van der Waals surface area contributed by atoms with E-state index >= 15 is 0 Å². The van der Waals surface area contributed by atoms with E-state index in [-0.39, 0.29) is 18.6 Å². The Hall–Kier alpha value is -1.33. The Bertz CT molecular complexity index is 442. The molecule has 2 rings (SSSR count). The largest absolute Gasteiger partial charge is 0.487 e. The maximum absolute atomic E-state index is 11.8. The van der Waals surface area contributed by atoms with Crippen molar-refractivity contribution in [2.45, 2.75) is 19.4 Å². The number of ether oxygens (including phenoxy) is 2. The first kappa shape index (κ1) is 14.1. The zero-order valence-corrected chi connectivity index (χ0v) is 11.6. The minimum absolute atomic E-state index is 0.00813. The predicted octanol–water partition coefficient (Wildman–Crippen LogP) is 1.75. The van der Waals surface area contributed by atoms with Gasteiger partial charge in [0.05, 0.1) is 6.54 Å². The van der Waals surface area contributed by atoms with E-state index in [4.69, 9.17) is 21.1 Å². The van der Waals surface area contributed by atoms with E-state index < -0.39 is 0 Å². The number of carbonyl (C=O) groups excluding carboxylic acids is 1. The summed E-state index contributed by atoms with van der Waals surface area (Å²) in [5.74, 6) is 0.620. The molecular weight excluding hydrogens is 268 g/mol. The average Bonchev–Trinajstić information content (AvgIpc) is 2.87. The number of hydrogen-bond acceptors (Lipinski definition) is 4. The van der Waals surface area contributed by atoms with Crippen molar-refractivity contribution in [1.29, 1.82) is 0 Å². The Labute approximate surface area is 117 Å². The first-order valence-electron chi connectivity index (χ1n) is 6.32. The van der Waals surface area contributed by atoms with Gasteiger partial charge in [-0.1, -0.05) is 11.6 Å². The van der Waals surface area contributed by atoms with Gasteiger partial charge >= 0.3 is 0 Å². The summed E-state index contributed by atoms with van der Waals surface area (Å²) in [4.78, 5) is 17.4. The highest BCUT2D eigenvalue weighted by molar-refractivity contribution is 6.31. The summed E-state index contributed by atoms with van der Waals surface area (Å²) in [5, 5.41) is 0.488. The fourth-order valence-electron chi connectivity index (χ4n) is 1.97. The van der Waals surface area contributed by atoms with E-state index in [2.05, 4.69) is 4.98 Å². The average molecular weight is 285 g/mol. The Kier molecular flexibility index (Phi) is 4.99. The van der Waals surface area contributed by atoms with Gasteiger partial charge in [0, 0.05) is 38.0 Å². The van der Waals surface area contributed by atoms with Crippen molar-refractivity contribution in [3.63, 3.8) is 0 Å². The van der Waals surface area contributed by atoms with Crippen molar-refractivity contribution >= 4 is 17.5 Å². The van der Waals surface area contributed by atoms with Crippen molar-refractivity contribution in [2.24, 2.45) is 0 Å². The van der Waals surface area contributed by atoms with Crippen LogP contribution in [0.2, 0.25) is 5.02 Å². The molecule has 19 heavy (non-hydrogen) atoms. The summed E-state index contributed by atoms with van der Waals surface area (Å²) >= 11 is 5.98. The lowest BCUT2D eigenvalue weighted by atomic mass is 10.3. The highest BCUT2D eigenvalue weighted by Crippen LogP contribution is 2.25. The Morgan fingerprint density at radius 1 is 1.63 bits per heavy atom. The fraction of sp³-hybridized carbons (Fsp3) is 0.538. The molecule has 1 saturated heterocycles. The van der Waals surface area contributed by atoms with E-state index in [1.807, 2.05) is 6.92 Å². The highest BCUT2D eigenvalue weighted by atomic mass is 35.5. The molecule has 0 aromatic carbocycles. The quantitative estimate of drug-likeness (QED) is 0.827. The molecule has 1 fully saturated rings. The number of nitrogens with zero attached hydrogens (tertiary/aromatic N) is 2. The van der Waals surface area contributed by atoms with Gasteiger partial charge in [0.15, 0.2) is 0 Å². The summed E-state index contributed by atoms with van der Waals surface area (Å²) in [5.41, 5.74) is 0. The van der Waals surface area contributed by atoms with Crippen LogP contribution in [-0.2, 0) is 9.53 Å². The highest BCUT2D eigenvalue weighted by Gasteiger charge is 2.27. The van der Waals surface area contributed by atoms with Crippen LogP contribution in [0.4, 0.5) is 0 Å². The van der Waals surface area contributed by atoms with Crippen LogP contribution >= 0.6 is 11.6 Å². The SMILES string of the molecule is CCOCC(=O)N1CC[C@H](Oc2ccncc2Cl)C1. The number of aromatic nitrogens is 1. The zero-order valence-electron chi connectivity index (χ0n) is 10.8. The number of pyridine rings is 1. The predicted molar refractivity (Wildman–Crippen MR) is 71.4 cm³/mol. The molecule has 1 aliphatic rings. The molecule has 104 valence electrons. The Morgan fingerprint density at radius 2 is 2.47 bits per heavy atom. The molecule has 1 aromatic rings. The van der Waals surface area contributed by atoms with Gasteiger partial charge in [-0.05, 0) is 6.92 Å². The van der Waals surface area contributed by atoms with Crippen molar-refractivity contribution in [3.8, 4) is 5.75 Å². The third-order valence-electron chi connectivity index (χ3n) is 2.96. The second kappa shape index (κ2) is 6.73. The second-order valence-electron chi connectivity index (χ2n) is 4.31. The monoisotopic (exact) mass is 284 g/mol. The first-order valence-corrected chi connectivity index (χ1v) is 6.70. The first-order chi connectivity index (χ1) is 9.20. The van der Waals surface area contributed by atoms with Crippen molar-refractivity contribution in [2.75, 3.05) is 26.3 Å². The smallest absolute Gasteiger partial charge is 0.248 e. The van der Waals surface area contributed by atoms with Gasteiger partial charge in [-0.25, -0.2) is 0 Å². The molecular formula is C13H17ClN2O3. The lowest BCUT2D eigenvalue weighted by Crippen LogP contribution is -2.33. The molecule has 0 radical (unpaired) electrons. The summed E-state index contributed by atoms with van der Waals surface area (Å²) in [6.45, 7) is 3.82. The van der Waals surface area contributed by atoms with E-state index in [1.165, 1.54) is 0 Å². The molecule has 0 bridgehead atoms. The molecule has 0 N–H and O–H groups in total. The zero-order chi connectivity index (χ0) is 13.7. The van der Waals surface area contributed by atoms with Gasteiger partial charge in [-0.3, -0.25) is 9.78 Å². The van der Waals surface area contributed by atoms with Crippen LogP contribution in [0.15, 0.2) is 18.5 Å².